The van der Waals surface area contributed by atoms with Crippen LogP contribution in [0.4, 0.5) is 0 Å². The van der Waals surface area contributed by atoms with Gasteiger partial charge in [-0.1, -0.05) is 72.8 Å². The van der Waals surface area contributed by atoms with Crippen LogP contribution in [0.15, 0.2) is 97.1 Å². The zero-order valence-corrected chi connectivity index (χ0v) is 29.8. The Balaban J connectivity index is 1.16. The minimum absolute atomic E-state index is 0.0878. The summed E-state index contributed by atoms with van der Waals surface area (Å²) in [6, 6.07) is 31.5. The average Bonchev–Trinajstić information content (AvgIpc) is 3.49. The molecule has 2 saturated carbocycles. The van der Waals surface area contributed by atoms with E-state index in [4.69, 9.17) is 9.47 Å². The molecule has 4 aromatic carbocycles. The second-order valence-corrected chi connectivity index (χ2v) is 14.9. The Hall–Kier alpha value is -5.32. The molecule has 3 aliphatic carbocycles. The summed E-state index contributed by atoms with van der Waals surface area (Å²) >= 11 is 0. The fourth-order valence-electron chi connectivity index (χ4n) is 9.23. The molecule has 4 N–H and O–H groups in total. The number of aliphatic hydroxyl groups excluding tert-OH is 2. The maximum absolute atomic E-state index is 13.3. The van der Waals surface area contributed by atoms with E-state index in [9.17, 15) is 39.6 Å². The molecule has 0 saturated heterocycles. The monoisotopic (exact) mass is 732 g/mol. The van der Waals surface area contributed by atoms with Gasteiger partial charge in [-0.2, -0.15) is 0 Å². The molecule has 7 unspecified atom stereocenters. The summed E-state index contributed by atoms with van der Waals surface area (Å²) in [6.07, 6.45) is 2.02. The SMILES string of the molecule is O=CC1CC(C(O)Oc2ccc(C3(c4ccc(OC(=O)C5CCC(CCO)C(C(=O)O)C5)cc4)c4ccccc4-c4ccccc43)cc2)CCC1C(=O)O. The molecule has 0 spiro atoms. The van der Waals surface area contributed by atoms with E-state index >= 15 is 0 Å². The molecule has 0 bridgehead atoms. The third-order valence-corrected chi connectivity index (χ3v) is 12.0. The summed E-state index contributed by atoms with van der Waals surface area (Å²) in [5.74, 6) is -4.88. The minimum atomic E-state index is -1.21. The van der Waals surface area contributed by atoms with Crippen LogP contribution in [0.2, 0.25) is 0 Å². The summed E-state index contributed by atoms with van der Waals surface area (Å²) < 4.78 is 11.8. The number of benzene rings is 4. The Morgan fingerprint density at radius 2 is 1.30 bits per heavy atom. The van der Waals surface area contributed by atoms with Crippen molar-refractivity contribution in [3.63, 3.8) is 0 Å². The predicted molar refractivity (Wildman–Crippen MR) is 198 cm³/mol. The van der Waals surface area contributed by atoms with E-state index in [0.29, 0.717) is 49.9 Å². The Morgan fingerprint density at radius 3 is 1.85 bits per heavy atom. The summed E-state index contributed by atoms with van der Waals surface area (Å²) in [5.41, 5.74) is 5.42. The van der Waals surface area contributed by atoms with Crippen LogP contribution in [0.5, 0.6) is 11.5 Å². The van der Waals surface area contributed by atoms with Crippen molar-refractivity contribution < 1.29 is 49.1 Å². The lowest BCUT2D eigenvalue weighted by molar-refractivity contribution is -0.150. The summed E-state index contributed by atoms with van der Waals surface area (Å²) in [4.78, 5) is 48.5. The van der Waals surface area contributed by atoms with Crippen molar-refractivity contribution in [1.82, 2.24) is 0 Å². The highest BCUT2D eigenvalue weighted by atomic mass is 16.6. The standard InChI is InChI=1S/C44H44O10/c45-22-21-26-9-10-28(24-37(26)41(49)50)43(52)54-33-18-14-31(15-19-33)44(38-7-3-1-5-35(38)36-6-2-4-8-39(36)44)30-12-16-32(17-13-30)53-42(51)27-11-20-34(40(47)48)29(23-27)25-46/h1-8,12-19,25-29,34,37,42,45,51H,9-11,20-24H2,(H,47,48)(H,49,50). The van der Waals surface area contributed by atoms with Gasteiger partial charge >= 0.3 is 17.9 Å². The first kappa shape index (κ1) is 37.0. The molecule has 3 aliphatic rings. The van der Waals surface area contributed by atoms with Gasteiger partial charge in [0.05, 0.1) is 23.2 Å². The Kier molecular flexibility index (Phi) is 10.7. The van der Waals surface area contributed by atoms with Gasteiger partial charge in [-0.3, -0.25) is 14.4 Å². The first-order valence-corrected chi connectivity index (χ1v) is 18.6. The van der Waals surface area contributed by atoms with E-state index in [-0.39, 0.29) is 31.3 Å². The van der Waals surface area contributed by atoms with Crippen molar-refractivity contribution in [2.24, 2.45) is 35.5 Å². The summed E-state index contributed by atoms with van der Waals surface area (Å²) in [7, 11) is 0. The number of carbonyl (C=O) groups is 4. The third-order valence-electron chi connectivity index (χ3n) is 12.0. The highest BCUT2D eigenvalue weighted by molar-refractivity contribution is 5.86. The van der Waals surface area contributed by atoms with Crippen LogP contribution in [0.1, 0.15) is 67.2 Å². The smallest absolute Gasteiger partial charge is 0.314 e. The number of ether oxygens (including phenoxy) is 2. The van der Waals surface area contributed by atoms with E-state index in [1.807, 2.05) is 48.5 Å². The number of carbonyl (C=O) groups excluding carboxylic acids is 2. The fourth-order valence-corrected chi connectivity index (χ4v) is 9.23. The average molecular weight is 733 g/mol. The molecular formula is C44H44O10. The number of rotatable bonds is 12. The van der Waals surface area contributed by atoms with Gasteiger partial charge in [0.1, 0.15) is 17.8 Å². The number of hydrogen-bond acceptors (Lipinski definition) is 8. The number of esters is 1. The molecule has 0 amide bonds. The first-order chi connectivity index (χ1) is 26.1. The third kappa shape index (κ3) is 6.80. The molecule has 7 atom stereocenters. The Bertz CT molecular complexity index is 1960. The number of hydrogen-bond donors (Lipinski definition) is 4. The number of aldehydes is 1. The fraction of sp³-hybridized carbons (Fsp3) is 0.364. The van der Waals surface area contributed by atoms with Gasteiger partial charge < -0.3 is 34.7 Å². The zero-order valence-electron chi connectivity index (χ0n) is 29.8. The number of aliphatic hydroxyl groups is 2. The lowest BCUT2D eigenvalue weighted by Crippen LogP contribution is -2.37. The Labute approximate surface area is 313 Å². The molecule has 7 rings (SSSR count). The maximum atomic E-state index is 13.3. The Morgan fingerprint density at radius 1 is 0.722 bits per heavy atom. The van der Waals surface area contributed by atoms with Crippen molar-refractivity contribution >= 4 is 24.2 Å². The van der Waals surface area contributed by atoms with E-state index in [1.165, 1.54) is 0 Å². The summed E-state index contributed by atoms with van der Waals surface area (Å²) in [5, 5.41) is 39.7. The van der Waals surface area contributed by atoms with Gasteiger partial charge in [-0.15, -0.1) is 0 Å². The predicted octanol–water partition coefficient (Wildman–Crippen LogP) is 6.47. The van der Waals surface area contributed by atoms with Crippen LogP contribution in [0.3, 0.4) is 0 Å². The quantitative estimate of drug-likeness (QED) is 0.0483. The number of aliphatic carboxylic acids is 2. The van der Waals surface area contributed by atoms with Crippen molar-refractivity contribution in [3.8, 4) is 22.6 Å². The minimum Gasteiger partial charge on any atom is -0.481 e. The van der Waals surface area contributed by atoms with Gasteiger partial charge in [0.2, 0.25) is 0 Å². The zero-order chi connectivity index (χ0) is 38.0. The molecule has 280 valence electrons. The van der Waals surface area contributed by atoms with Crippen LogP contribution in [-0.2, 0) is 24.6 Å². The molecule has 0 radical (unpaired) electrons. The number of fused-ring (bicyclic) bond motifs is 3. The van der Waals surface area contributed by atoms with Crippen molar-refractivity contribution in [3.05, 3.63) is 119 Å². The molecule has 0 aliphatic heterocycles. The van der Waals surface area contributed by atoms with Crippen molar-refractivity contribution in [2.45, 2.75) is 56.7 Å². The molecule has 10 heteroatoms. The molecule has 2 fully saturated rings. The molecule has 10 nitrogen and oxygen atoms in total. The molecular weight excluding hydrogens is 688 g/mol. The van der Waals surface area contributed by atoms with Crippen molar-refractivity contribution in [2.75, 3.05) is 6.61 Å². The van der Waals surface area contributed by atoms with Gasteiger partial charge in [0.25, 0.3) is 0 Å². The molecule has 4 aromatic rings. The number of carboxylic acids is 2. The van der Waals surface area contributed by atoms with Crippen LogP contribution < -0.4 is 9.47 Å². The second kappa shape index (κ2) is 15.6. The molecule has 0 aromatic heterocycles. The van der Waals surface area contributed by atoms with Gasteiger partial charge in [-0.05, 0) is 109 Å². The highest BCUT2D eigenvalue weighted by Crippen LogP contribution is 2.56. The second-order valence-electron chi connectivity index (χ2n) is 14.9. The summed E-state index contributed by atoms with van der Waals surface area (Å²) in [6.45, 7) is -0.0878. The normalized spacial score (nSPS) is 24.7. The lowest BCUT2D eigenvalue weighted by atomic mass is 9.67. The van der Waals surface area contributed by atoms with E-state index in [1.54, 1.807) is 24.3 Å². The van der Waals surface area contributed by atoms with Crippen LogP contribution in [-0.4, -0.2) is 57.5 Å². The lowest BCUT2D eigenvalue weighted by Gasteiger charge is -2.35. The van der Waals surface area contributed by atoms with Gasteiger partial charge in [-0.25, -0.2) is 0 Å². The van der Waals surface area contributed by atoms with E-state index < -0.39 is 53.3 Å². The first-order valence-electron chi connectivity index (χ1n) is 18.6. The van der Waals surface area contributed by atoms with Gasteiger partial charge in [0, 0.05) is 18.4 Å². The van der Waals surface area contributed by atoms with Crippen molar-refractivity contribution in [1.29, 1.82) is 0 Å². The molecule has 54 heavy (non-hydrogen) atoms. The number of carboxylic acid groups (broad SMARTS) is 2. The largest absolute Gasteiger partial charge is 0.481 e. The van der Waals surface area contributed by atoms with Crippen LogP contribution in [0.25, 0.3) is 11.1 Å². The van der Waals surface area contributed by atoms with E-state index in [2.05, 4.69) is 24.3 Å². The van der Waals surface area contributed by atoms with Crippen LogP contribution >= 0.6 is 0 Å². The van der Waals surface area contributed by atoms with Gasteiger partial charge in [0.15, 0.2) is 6.29 Å². The van der Waals surface area contributed by atoms with E-state index in [0.717, 1.165) is 33.4 Å². The highest BCUT2D eigenvalue weighted by Gasteiger charge is 2.46. The molecule has 0 heterocycles. The van der Waals surface area contributed by atoms with Crippen LogP contribution in [0, 0.1) is 35.5 Å². The maximum Gasteiger partial charge on any atom is 0.314 e. The topological polar surface area (TPSA) is 168 Å².